The summed E-state index contributed by atoms with van der Waals surface area (Å²) >= 11 is 12.0. The van der Waals surface area contributed by atoms with E-state index in [-0.39, 0.29) is 17.7 Å². The number of benzene rings is 1. The van der Waals surface area contributed by atoms with Gasteiger partial charge in [0.15, 0.2) is 0 Å². The molecular formula is C17H22Cl2N2O3. The molecule has 1 aliphatic heterocycles. The standard InChI is InChI=1S/C17H22Cl2N2O3/c1-24-10-2-7-20-16(22)12-5-8-21(9-6-12)17(23)14-4-3-13(18)11-15(14)19/h3-4,11-12H,2,5-10H2,1H3,(H,20,22). The summed E-state index contributed by atoms with van der Waals surface area (Å²) in [5.74, 6) is -0.101. The molecule has 0 unspecified atom stereocenters. The summed E-state index contributed by atoms with van der Waals surface area (Å²) in [6.07, 6.45) is 2.12. The summed E-state index contributed by atoms with van der Waals surface area (Å²) in [5, 5.41) is 3.77. The van der Waals surface area contributed by atoms with Gasteiger partial charge in [-0.1, -0.05) is 23.2 Å². The van der Waals surface area contributed by atoms with E-state index in [4.69, 9.17) is 27.9 Å². The first-order chi connectivity index (χ1) is 11.5. The van der Waals surface area contributed by atoms with Crippen LogP contribution in [-0.2, 0) is 9.53 Å². The number of carbonyl (C=O) groups is 2. The average Bonchev–Trinajstić information content (AvgIpc) is 2.58. The maximum Gasteiger partial charge on any atom is 0.255 e. The summed E-state index contributed by atoms with van der Waals surface area (Å²) in [6, 6.07) is 4.86. The number of likely N-dealkylation sites (tertiary alicyclic amines) is 1. The lowest BCUT2D eigenvalue weighted by atomic mass is 9.95. The van der Waals surface area contributed by atoms with Gasteiger partial charge >= 0.3 is 0 Å². The molecule has 1 saturated heterocycles. The predicted molar refractivity (Wildman–Crippen MR) is 94.6 cm³/mol. The van der Waals surface area contributed by atoms with E-state index in [2.05, 4.69) is 5.32 Å². The Kier molecular flexibility index (Phi) is 7.34. The number of piperidine rings is 1. The Morgan fingerprint density at radius 3 is 2.62 bits per heavy atom. The van der Waals surface area contributed by atoms with Gasteiger partial charge in [0.1, 0.15) is 0 Å². The van der Waals surface area contributed by atoms with Crippen LogP contribution in [-0.4, -0.2) is 50.1 Å². The highest BCUT2D eigenvalue weighted by molar-refractivity contribution is 6.36. The molecule has 1 fully saturated rings. The van der Waals surface area contributed by atoms with Gasteiger partial charge in [0, 0.05) is 44.3 Å². The topological polar surface area (TPSA) is 58.6 Å². The smallest absolute Gasteiger partial charge is 0.255 e. The minimum atomic E-state index is -0.115. The SMILES string of the molecule is COCCCNC(=O)C1CCN(C(=O)c2ccc(Cl)cc2Cl)CC1. The minimum Gasteiger partial charge on any atom is -0.385 e. The number of hydrogen-bond acceptors (Lipinski definition) is 3. The first-order valence-corrected chi connectivity index (χ1v) is 8.79. The van der Waals surface area contributed by atoms with Crippen molar-refractivity contribution in [3.63, 3.8) is 0 Å². The number of methoxy groups -OCH3 is 1. The molecule has 0 saturated carbocycles. The third kappa shape index (κ3) is 5.10. The van der Waals surface area contributed by atoms with Crippen LogP contribution in [0.5, 0.6) is 0 Å². The van der Waals surface area contributed by atoms with Crippen LogP contribution in [0, 0.1) is 5.92 Å². The normalized spacial score (nSPS) is 15.4. The van der Waals surface area contributed by atoms with Crippen LogP contribution in [0.1, 0.15) is 29.6 Å². The van der Waals surface area contributed by atoms with E-state index in [1.165, 1.54) is 0 Å². The van der Waals surface area contributed by atoms with Gasteiger partial charge in [0.2, 0.25) is 5.91 Å². The third-order valence-corrected chi connectivity index (χ3v) is 4.69. The largest absolute Gasteiger partial charge is 0.385 e. The molecule has 5 nitrogen and oxygen atoms in total. The Balaban J connectivity index is 1.83. The van der Waals surface area contributed by atoms with Crippen LogP contribution >= 0.6 is 23.2 Å². The van der Waals surface area contributed by atoms with Crippen molar-refractivity contribution in [2.75, 3.05) is 33.4 Å². The van der Waals surface area contributed by atoms with Gasteiger partial charge in [0.05, 0.1) is 10.6 Å². The van der Waals surface area contributed by atoms with Gasteiger partial charge < -0.3 is 15.0 Å². The summed E-state index contributed by atoms with van der Waals surface area (Å²) in [7, 11) is 1.64. The van der Waals surface area contributed by atoms with Crippen LogP contribution in [0.15, 0.2) is 18.2 Å². The summed E-state index contributed by atoms with van der Waals surface area (Å²) in [5.41, 5.74) is 0.448. The molecule has 2 rings (SSSR count). The van der Waals surface area contributed by atoms with Gasteiger partial charge in [-0.2, -0.15) is 0 Å². The van der Waals surface area contributed by atoms with E-state index >= 15 is 0 Å². The van der Waals surface area contributed by atoms with E-state index in [1.807, 2.05) is 0 Å². The molecule has 132 valence electrons. The zero-order valence-electron chi connectivity index (χ0n) is 13.7. The van der Waals surface area contributed by atoms with Crippen LogP contribution in [0.2, 0.25) is 10.0 Å². The van der Waals surface area contributed by atoms with E-state index in [0.717, 1.165) is 6.42 Å². The first-order valence-electron chi connectivity index (χ1n) is 8.04. The minimum absolute atomic E-state index is 0.0442. The molecule has 1 heterocycles. The number of rotatable bonds is 6. The van der Waals surface area contributed by atoms with E-state index < -0.39 is 0 Å². The van der Waals surface area contributed by atoms with Crippen molar-refractivity contribution in [2.24, 2.45) is 5.92 Å². The van der Waals surface area contributed by atoms with Crippen LogP contribution < -0.4 is 5.32 Å². The van der Waals surface area contributed by atoms with Crippen LogP contribution in [0.25, 0.3) is 0 Å². The van der Waals surface area contributed by atoms with Gasteiger partial charge in [0.25, 0.3) is 5.91 Å². The highest BCUT2D eigenvalue weighted by Gasteiger charge is 2.28. The number of nitrogens with zero attached hydrogens (tertiary/aromatic N) is 1. The monoisotopic (exact) mass is 372 g/mol. The molecule has 0 aliphatic carbocycles. The van der Waals surface area contributed by atoms with Gasteiger partial charge in [-0.3, -0.25) is 9.59 Å². The first kappa shape index (κ1) is 19.0. The van der Waals surface area contributed by atoms with Crippen molar-refractivity contribution >= 4 is 35.0 Å². The Hall–Kier alpha value is -1.30. The maximum atomic E-state index is 12.5. The van der Waals surface area contributed by atoms with Crippen molar-refractivity contribution in [1.29, 1.82) is 0 Å². The van der Waals surface area contributed by atoms with E-state index in [1.54, 1.807) is 30.2 Å². The molecule has 2 amide bonds. The fourth-order valence-corrected chi connectivity index (χ4v) is 3.24. The molecule has 0 atom stereocenters. The number of halogens is 2. The highest BCUT2D eigenvalue weighted by Crippen LogP contribution is 2.25. The Bertz CT molecular complexity index is 587. The third-order valence-electron chi connectivity index (χ3n) is 4.14. The van der Waals surface area contributed by atoms with E-state index in [0.29, 0.717) is 54.7 Å². The molecule has 0 bridgehead atoms. The second-order valence-electron chi connectivity index (χ2n) is 5.83. The molecule has 24 heavy (non-hydrogen) atoms. The zero-order chi connectivity index (χ0) is 17.5. The lowest BCUT2D eigenvalue weighted by Crippen LogP contribution is -2.43. The molecule has 0 radical (unpaired) electrons. The molecule has 1 aromatic carbocycles. The molecule has 1 N–H and O–H groups in total. The molecule has 1 aliphatic rings. The van der Waals surface area contributed by atoms with Crippen molar-refractivity contribution in [1.82, 2.24) is 10.2 Å². The zero-order valence-corrected chi connectivity index (χ0v) is 15.2. The highest BCUT2D eigenvalue weighted by atomic mass is 35.5. The molecule has 1 aromatic rings. The number of hydrogen-bond donors (Lipinski definition) is 1. The second kappa shape index (κ2) is 9.25. The van der Waals surface area contributed by atoms with Crippen molar-refractivity contribution in [3.05, 3.63) is 33.8 Å². The maximum absolute atomic E-state index is 12.5. The number of carbonyl (C=O) groups excluding carboxylic acids is 2. The van der Waals surface area contributed by atoms with Crippen LogP contribution in [0.3, 0.4) is 0 Å². The Morgan fingerprint density at radius 1 is 1.29 bits per heavy atom. The Labute approximate surface area is 152 Å². The van der Waals surface area contributed by atoms with Crippen molar-refractivity contribution < 1.29 is 14.3 Å². The lowest BCUT2D eigenvalue weighted by Gasteiger charge is -2.31. The fourth-order valence-electron chi connectivity index (χ4n) is 2.75. The van der Waals surface area contributed by atoms with Crippen molar-refractivity contribution in [3.8, 4) is 0 Å². The average molecular weight is 373 g/mol. The lowest BCUT2D eigenvalue weighted by molar-refractivity contribution is -0.126. The van der Waals surface area contributed by atoms with Crippen molar-refractivity contribution in [2.45, 2.75) is 19.3 Å². The van der Waals surface area contributed by atoms with Gasteiger partial charge in [-0.15, -0.1) is 0 Å². The predicted octanol–water partition coefficient (Wildman–Crippen LogP) is 3.00. The number of amides is 2. The summed E-state index contributed by atoms with van der Waals surface area (Å²) < 4.78 is 4.95. The fraction of sp³-hybridized carbons (Fsp3) is 0.529. The quantitative estimate of drug-likeness (QED) is 0.780. The molecule has 7 heteroatoms. The van der Waals surface area contributed by atoms with Gasteiger partial charge in [-0.05, 0) is 37.5 Å². The Morgan fingerprint density at radius 2 is 2.00 bits per heavy atom. The molecule has 0 aromatic heterocycles. The second-order valence-corrected chi connectivity index (χ2v) is 6.67. The van der Waals surface area contributed by atoms with E-state index in [9.17, 15) is 9.59 Å². The molecular weight excluding hydrogens is 351 g/mol. The molecule has 0 spiro atoms. The summed E-state index contributed by atoms with van der Waals surface area (Å²) in [4.78, 5) is 26.4. The van der Waals surface area contributed by atoms with Gasteiger partial charge in [-0.25, -0.2) is 0 Å². The number of nitrogens with one attached hydrogen (secondary N) is 1. The number of ether oxygens (including phenoxy) is 1. The summed E-state index contributed by atoms with van der Waals surface area (Å²) in [6.45, 7) is 2.35. The van der Waals surface area contributed by atoms with Crippen LogP contribution in [0.4, 0.5) is 0 Å².